The van der Waals surface area contributed by atoms with Gasteiger partial charge in [0.05, 0.1) is 12.2 Å². The highest BCUT2D eigenvalue weighted by atomic mass is 32.1. The van der Waals surface area contributed by atoms with Gasteiger partial charge in [0.15, 0.2) is 0 Å². The second kappa shape index (κ2) is 6.85. The summed E-state index contributed by atoms with van der Waals surface area (Å²) in [4.78, 5) is 24.1. The van der Waals surface area contributed by atoms with E-state index in [9.17, 15) is 9.59 Å². The summed E-state index contributed by atoms with van der Waals surface area (Å²) in [5.41, 5.74) is 1.16. The first kappa shape index (κ1) is 15.0. The highest BCUT2D eigenvalue weighted by Gasteiger charge is 2.11. The maximum Gasteiger partial charge on any atom is 0.346 e. The molecule has 1 aromatic heterocycles. The summed E-state index contributed by atoms with van der Waals surface area (Å²) < 4.78 is 2.59. The highest BCUT2D eigenvalue weighted by Crippen LogP contribution is 2.06. The van der Waals surface area contributed by atoms with Crippen LogP contribution in [0, 0.1) is 0 Å². The van der Waals surface area contributed by atoms with Crippen LogP contribution in [0.25, 0.3) is 5.70 Å². The zero-order valence-corrected chi connectivity index (χ0v) is 12.5. The summed E-state index contributed by atoms with van der Waals surface area (Å²) in [6, 6.07) is 9.43. The highest BCUT2D eigenvalue weighted by molar-refractivity contribution is 7.04. The molecule has 0 bridgehead atoms. The van der Waals surface area contributed by atoms with Gasteiger partial charge in [0, 0.05) is 11.5 Å². The molecule has 0 spiro atoms. The van der Waals surface area contributed by atoms with Crippen LogP contribution < -0.4 is 10.6 Å². The largest absolute Gasteiger partial charge is 0.346 e. The van der Waals surface area contributed by atoms with E-state index in [2.05, 4.69) is 6.58 Å². The zero-order chi connectivity index (χ0) is 15.2. The third kappa shape index (κ3) is 3.38. The van der Waals surface area contributed by atoms with E-state index < -0.39 is 0 Å². The van der Waals surface area contributed by atoms with Crippen LogP contribution in [-0.4, -0.2) is 8.52 Å². The third-order valence-electron chi connectivity index (χ3n) is 2.88. The van der Waals surface area contributed by atoms with Crippen LogP contribution in [0.15, 0.2) is 70.8 Å². The normalized spacial score (nSPS) is 12.0. The molecule has 2 aromatic rings. The van der Waals surface area contributed by atoms with E-state index in [1.807, 2.05) is 43.3 Å². The van der Waals surface area contributed by atoms with Gasteiger partial charge in [-0.1, -0.05) is 49.1 Å². The Balaban J connectivity index is 2.45. The summed E-state index contributed by atoms with van der Waals surface area (Å²) in [5.74, 6) is 0. The minimum absolute atomic E-state index is 0.274. The summed E-state index contributed by atoms with van der Waals surface area (Å²) in [6.45, 7) is 5.84. The second-order valence-electron chi connectivity index (χ2n) is 4.33. The van der Waals surface area contributed by atoms with Gasteiger partial charge < -0.3 is 0 Å². The molecule has 0 fully saturated rings. The van der Waals surface area contributed by atoms with Crippen LogP contribution in [0.2, 0.25) is 0 Å². The van der Waals surface area contributed by atoms with Gasteiger partial charge in [0.2, 0.25) is 0 Å². The molecule has 108 valence electrons. The van der Waals surface area contributed by atoms with E-state index in [0.29, 0.717) is 5.70 Å². The van der Waals surface area contributed by atoms with Crippen LogP contribution in [0.3, 0.4) is 0 Å². The van der Waals surface area contributed by atoms with Gasteiger partial charge in [-0.05, 0) is 24.6 Å². The maximum absolute atomic E-state index is 12.4. The lowest BCUT2D eigenvalue weighted by Crippen LogP contribution is -2.29. The van der Waals surface area contributed by atoms with Crippen molar-refractivity contribution >= 4 is 17.2 Å². The van der Waals surface area contributed by atoms with E-state index in [1.165, 1.54) is 8.52 Å². The van der Waals surface area contributed by atoms with Gasteiger partial charge in [-0.15, -0.1) is 0 Å². The fourth-order valence-electron chi connectivity index (χ4n) is 1.83. The molecule has 0 saturated heterocycles. The van der Waals surface area contributed by atoms with Crippen molar-refractivity contribution in [2.45, 2.75) is 13.5 Å². The van der Waals surface area contributed by atoms with Crippen molar-refractivity contribution < 1.29 is 0 Å². The van der Waals surface area contributed by atoms with Gasteiger partial charge in [-0.3, -0.25) is 4.79 Å². The Labute approximate surface area is 126 Å². The molecule has 2 rings (SSSR count). The van der Waals surface area contributed by atoms with Crippen molar-refractivity contribution in [1.82, 2.24) is 8.52 Å². The molecule has 0 unspecified atom stereocenters. The fourth-order valence-corrected chi connectivity index (χ4v) is 2.64. The van der Waals surface area contributed by atoms with Crippen molar-refractivity contribution in [3.63, 3.8) is 0 Å². The Morgan fingerprint density at radius 3 is 2.62 bits per heavy atom. The van der Waals surface area contributed by atoms with Crippen molar-refractivity contribution in [2.24, 2.45) is 0 Å². The number of hydrogen-bond donors (Lipinski definition) is 0. The maximum atomic E-state index is 12.4. The Hall–Kier alpha value is -2.40. The van der Waals surface area contributed by atoms with Crippen LogP contribution in [0.4, 0.5) is 0 Å². The monoisotopic (exact) mass is 300 g/mol. The van der Waals surface area contributed by atoms with Crippen molar-refractivity contribution in [1.29, 1.82) is 0 Å². The molecule has 1 heterocycles. The number of rotatable bonds is 5. The molecule has 0 saturated carbocycles. The van der Waals surface area contributed by atoms with Gasteiger partial charge in [0.25, 0.3) is 0 Å². The molecule has 4 nitrogen and oxygen atoms in total. The van der Waals surface area contributed by atoms with Crippen molar-refractivity contribution in [3.05, 3.63) is 86.9 Å². The van der Waals surface area contributed by atoms with Gasteiger partial charge >= 0.3 is 10.6 Å². The standard InChI is InChI=1S/C16H16N2O2S/c1-3-5-11-14(4-2)18-15(19)17(16(20)21-18)12-13-9-7-6-8-10-13/h3-11H,2,12H2,1H3/b5-3-,14-11+. The van der Waals surface area contributed by atoms with E-state index in [-0.39, 0.29) is 17.1 Å². The van der Waals surface area contributed by atoms with E-state index in [4.69, 9.17) is 0 Å². The molecule has 0 aliphatic carbocycles. The van der Waals surface area contributed by atoms with Gasteiger partial charge in [-0.2, -0.15) is 0 Å². The summed E-state index contributed by atoms with van der Waals surface area (Å²) in [6.07, 6.45) is 6.95. The van der Waals surface area contributed by atoms with Crippen LogP contribution >= 0.6 is 11.5 Å². The SMILES string of the molecule is C=C/C(=C\C=C/C)n1sc(=O)n(Cc2ccccc2)c1=O. The van der Waals surface area contributed by atoms with Gasteiger partial charge in [0.1, 0.15) is 0 Å². The zero-order valence-electron chi connectivity index (χ0n) is 11.7. The first-order valence-corrected chi connectivity index (χ1v) is 7.27. The molecule has 0 atom stereocenters. The average molecular weight is 300 g/mol. The lowest BCUT2D eigenvalue weighted by atomic mass is 10.2. The molecule has 5 heteroatoms. The van der Waals surface area contributed by atoms with E-state index >= 15 is 0 Å². The Morgan fingerprint density at radius 1 is 1.29 bits per heavy atom. The van der Waals surface area contributed by atoms with Crippen LogP contribution in [-0.2, 0) is 6.54 Å². The molecule has 0 N–H and O–H groups in total. The predicted octanol–water partition coefficient (Wildman–Crippen LogP) is 2.72. The van der Waals surface area contributed by atoms with Crippen molar-refractivity contribution in [3.8, 4) is 0 Å². The van der Waals surface area contributed by atoms with Crippen LogP contribution in [0.5, 0.6) is 0 Å². The molecule has 0 aliphatic heterocycles. The molecule has 0 amide bonds. The average Bonchev–Trinajstić information content (AvgIpc) is 2.78. The Kier molecular flexibility index (Phi) is 4.90. The van der Waals surface area contributed by atoms with E-state index in [1.54, 1.807) is 18.2 Å². The molecule has 21 heavy (non-hydrogen) atoms. The molecular weight excluding hydrogens is 284 g/mol. The Morgan fingerprint density at radius 2 is 2.00 bits per heavy atom. The predicted molar refractivity (Wildman–Crippen MR) is 87.7 cm³/mol. The number of benzene rings is 1. The minimum Gasteiger partial charge on any atom is -0.255 e. The summed E-state index contributed by atoms with van der Waals surface area (Å²) in [5, 5.41) is 0. The fraction of sp³-hybridized carbons (Fsp3) is 0.125. The number of hydrogen-bond acceptors (Lipinski definition) is 3. The second-order valence-corrected chi connectivity index (χ2v) is 5.22. The smallest absolute Gasteiger partial charge is 0.255 e. The number of nitrogens with zero attached hydrogens (tertiary/aromatic N) is 2. The summed E-state index contributed by atoms with van der Waals surface area (Å²) >= 11 is 0.881. The number of allylic oxidation sites excluding steroid dienone is 5. The summed E-state index contributed by atoms with van der Waals surface area (Å²) in [7, 11) is 0. The topological polar surface area (TPSA) is 44.0 Å². The quantitative estimate of drug-likeness (QED) is 0.797. The van der Waals surface area contributed by atoms with Crippen molar-refractivity contribution in [2.75, 3.05) is 0 Å². The molecule has 0 aliphatic rings. The number of aromatic nitrogens is 2. The van der Waals surface area contributed by atoms with Gasteiger partial charge in [-0.25, -0.2) is 13.3 Å². The third-order valence-corrected chi connectivity index (χ3v) is 3.81. The Bertz CT molecular complexity index is 792. The minimum atomic E-state index is -0.343. The lowest BCUT2D eigenvalue weighted by molar-refractivity contribution is 0.726. The van der Waals surface area contributed by atoms with Crippen LogP contribution in [0.1, 0.15) is 12.5 Å². The lowest BCUT2D eigenvalue weighted by Gasteiger charge is -2.01. The molecular formula is C16H16N2O2S. The first-order chi connectivity index (χ1) is 10.2. The molecule has 0 radical (unpaired) electrons. The molecule has 1 aromatic carbocycles. The van der Waals surface area contributed by atoms with E-state index in [0.717, 1.165) is 17.1 Å². The first-order valence-electron chi connectivity index (χ1n) is 6.50.